The molecule has 0 N–H and O–H groups in total. The van der Waals surface area contributed by atoms with E-state index in [0.29, 0.717) is 26.1 Å². The van der Waals surface area contributed by atoms with Gasteiger partial charge in [-0.3, -0.25) is 0 Å². The van der Waals surface area contributed by atoms with E-state index in [9.17, 15) is 8.42 Å². The molecule has 0 aromatic heterocycles. The lowest BCUT2D eigenvalue weighted by molar-refractivity contribution is -0.0640. The monoisotopic (exact) mass is 221 g/mol. The van der Waals surface area contributed by atoms with Gasteiger partial charge in [-0.05, 0) is 20.3 Å². The molecule has 0 aromatic rings. The molecule has 1 saturated heterocycles. The molecule has 1 fully saturated rings. The minimum absolute atomic E-state index is 0.239. The first kappa shape index (κ1) is 11.9. The van der Waals surface area contributed by atoms with Gasteiger partial charge in [0.1, 0.15) is 0 Å². The first-order chi connectivity index (χ1) is 6.37. The molecule has 1 aliphatic heterocycles. The maximum absolute atomic E-state index is 11.7. The molecule has 1 aliphatic rings. The molecule has 0 radical (unpaired) electrons. The number of rotatable bonds is 3. The van der Waals surface area contributed by atoms with E-state index in [2.05, 4.69) is 0 Å². The van der Waals surface area contributed by atoms with Crippen molar-refractivity contribution in [3.05, 3.63) is 0 Å². The number of hydrogen-bond acceptors (Lipinski definition) is 3. The molecule has 4 nitrogen and oxygen atoms in total. The fraction of sp³-hybridized carbons (Fsp3) is 1.00. The summed E-state index contributed by atoms with van der Waals surface area (Å²) in [6, 6.07) is 0. The van der Waals surface area contributed by atoms with Gasteiger partial charge in [-0.1, -0.05) is 6.92 Å². The Bertz CT molecular complexity index is 284. The van der Waals surface area contributed by atoms with E-state index < -0.39 is 10.0 Å². The molecule has 84 valence electrons. The standard InChI is InChI=1S/C9H19NO3S/c1-4-7-14(11,12)10-5-6-13-9(2,3)8-10/h4-8H2,1-3H3. The summed E-state index contributed by atoms with van der Waals surface area (Å²) in [4.78, 5) is 0. The predicted molar refractivity (Wildman–Crippen MR) is 55.7 cm³/mol. The molecule has 0 amide bonds. The SMILES string of the molecule is CCCS(=O)(=O)N1CCOC(C)(C)C1. The summed E-state index contributed by atoms with van der Waals surface area (Å²) in [7, 11) is -3.05. The maximum Gasteiger partial charge on any atom is 0.214 e. The lowest BCUT2D eigenvalue weighted by atomic mass is 10.1. The molecule has 14 heavy (non-hydrogen) atoms. The second-order valence-corrected chi connectivity index (χ2v) is 6.35. The Hall–Kier alpha value is -0.130. The number of ether oxygens (including phenoxy) is 1. The van der Waals surface area contributed by atoms with Crippen LogP contribution in [0.25, 0.3) is 0 Å². The van der Waals surface area contributed by atoms with Gasteiger partial charge in [-0.25, -0.2) is 8.42 Å². The molecular weight excluding hydrogens is 202 g/mol. The van der Waals surface area contributed by atoms with Gasteiger partial charge in [0, 0.05) is 13.1 Å². The van der Waals surface area contributed by atoms with Crippen molar-refractivity contribution in [2.24, 2.45) is 0 Å². The molecule has 1 heterocycles. The summed E-state index contributed by atoms with van der Waals surface area (Å²) in [5.41, 5.74) is -0.348. The van der Waals surface area contributed by atoms with Crippen LogP contribution in [0.2, 0.25) is 0 Å². The van der Waals surface area contributed by atoms with Gasteiger partial charge >= 0.3 is 0 Å². The fourth-order valence-corrected chi connectivity index (χ4v) is 3.23. The summed E-state index contributed by atoms with van der Waals surface area (Å²) < 4.78 is 30.5. The quantitative estimate of drug-likeness (QED) is 0.709. The molecular formula is C9H19NO3S. The van der Waals surface area contributed by atoms with Crippen LogP contribution in [0, 0.1) is 0 Å². The Labute approximate surface area is 86.3 Å². The van der Waals surface area contributed by atoms with Gasteiger partial charge in [0.25, 0.3) is 0 Å². The number of sulfonamides is 1. The van der Waals surface area contributed by atoms with E-state index in [1.54, 1.807) is 4.31 Å². The third-order valence-corrected chi connectivity index (χ3v) is 4.27. The summed E-state index contributed by atoms with van der Waals surface area (Å²) in [6.45, 7) is 7.17. The average Bonchev–Trinajstić information content (AvgIpc) is 2.02. The zero-order chi connectivity index (χ0) is 10.8. The van der Waals surface area contributed by atoms with Gasteiger partial charge in [-0.15, -0.1) is 0 Å². The van der Waals surface area contributed by atoms with Crippen LogP contribution >= 0.6 is 0 Å². The van der Waals surface area contributed by atoms with Crippen molar-refractivity contribution in [1.82, 2.24) is 4.31 Å². The Balaban J connectivity index is 2.69. The first-order valence-corrected chi connectivity index (χ1v) is 6.60. The second-order valence-electron chi connectivity index (χ2n) is 4.26. The van der Waals surface area contributed by atoms with Gasteiger partial charge in [0.05, 0.1) is 18.0 Å². The Kier molecular flexibility index (Phi) is 3.55. The fourth-order valence-electron chi connectivity index (χ4n) is 1.60. The predicted octanol–water partition coefficient (Wildman–Crippen LogP) is 0.837. The van der Waals surface area contributed by atoms with Crippen LogP contribution in [0.3, 0.4) is 0 Å². The minimum atomic E-state index is -3.05. The third-order valence-electron chi connectivity index (χ3n) is 2.25. The topological polar surface area (TPSA) is 46.6 Å². The summed E-state index contributed by atoms with van der Waals surface area (Å²) in [6.07, 6.45) is 0.667. The Morgan fingerprint density at radius 3 is 2.57 bits per heavy atom. The third kappa shape index (κ3) is 2.93. The number of nitrogens with zero attached hydrogens (tertiary/aromatic N) is 1. The molecule has 0 spiro atoms. The van der Waals surface area contributed by atoms with Crippen LogP contribution in [0.4, 0.5) is 0 Å². The molecule has 0 unspecified atom stereocenters. The smallest absolute Gasteiger partial charge is 0.214 e. The highest BCUT2D eigenvalue weighted by Crippen LogP contribution is 2.19. The van der Waals surface area contributed by atoms with E-state index in [-0.39, 0.29) is 11.4 Å². The normalized spacial score (nSPS) is 23.6. The number of morpholine rings is 1. The molecule has 0 atom stereocenters. The summed E-state index contributed by atoms with van der Waals surface area (Å²) in [5, 5.41) is 0. The Morgan fingerprint density at radius 1 is 1.43 bits per heavy atom. The molecule has 0 aromatic carbocycles. The van der Waals surface area contributed by atoms with Crippen LogP contribution in [0.1, 0.15) is 27.2 Å². The van der Waals surface area contributed by atoms with Crippen LogP contribution in [0.5, 0.6) is 0 Å². The lowest BCUT2D eigenvalue weighted by Gasteiger charge is -2.37. The van der Waals surface area contributed by atoms with Gasteiger partial charge in [0.15, 0.2) is 0 Å². The van der Waals surface area contributed by atoms with Crippen molar-refractivity contribution in [2.45, 2.75) is 32.8 Å². The highest BCUT2D eigenvalue weighted by molar-refractivity contribution is 7.89. The van der Waals surface area contributed by atoms with Crippen molar-refractivity contribution >= 4 is 10.0 Å². The van der Waals surface area contributed by atoms with E-state index in [0.717, 1.165) is 0 Å². The van der Waals surface area contributed by atoms with E-state index in [4.69, 9.17) is 4.74 Å². The van der Waals surface area contributed by atoms with Crippen molar-refractivity contribution in [1.29, 1.82) is 0 Å². The molecule has 0 aliphatic carbocycles. The zero-order valence-corrected chi connectivity index (χ0v) is 9.93. The largest absolute Gasteiger partial charge is 0.373 e. The summed E-state index contributed by atoms with van der Waals surface area (Å²) in [5.74, 6) is 0.239. The summed E-state index contributed by atoms with van der Waals surface area (Å²) >= 11 is 0. The van der Waals surface area contributed by atoms with Crippen LogP contribution in [0.15, 0.2) is 0 Å². The molecule has 0 saturated carbocycles. The van der Waals surface area contributed by atoms with Crippen LogP contribution < -0.4 is 0 Å². The van der Waals surface area contributed by atoms with E-state index in [1.807, 2.05) is 20.8 Å². The van der Waals surface area contributed by atoms with E-state index >= 15 is 0 Å². The average molecular weight is 221 g/mol. The molecule has 1 rings (SSSR count). The highest BCUT2D eigenvalue weighted by atomic mass is 32.2. The van der Waals surface area contributed by atoms with Gasteiger partial charge in [0.2, 0.25) is 10.0 Å². The molecule has 5 heteroatoms. The number of hydrogen-bond donors (Lipinski definition) is 0. The second kappa shape index (κ2) is 4.16. The lowest BCUT2D eigenvalue weighted by Crippen LogP contribution is -2.51. The van der Waals surface area contributed by atoms with Crippen molar-refractivity contribution < 1.29 is 13.2 Å². The van der Waals surface area contributed by atoms with Gasteiger partial charge in [-0.2, -0.15) is 4.31 Å². The van der Waals surface area contributed by atoms with Crippen molar-refractivity contribution in [3.8, 4) is 0 Å². The maximum atomic E-state index is 11.7. The van der Waals surface area contributed by atoms with Gasteiger partial charge < -0.3 is 4.74 Å². The molecule has 0 bridgehead atoms. The zero-order valence-electron chi connectivity index (χ0n) is 9.12. The van der Waals surface area contributed by atoms with Crippen molar-refractivity contribution in [2.75, 3.05) is 25.4 Å². The first-order valence-electron chi connectivity index (χ1n) is 4.99. The Morgan fingerprint density at radius 2 is 2.07 bits per heavy atom. The highest BCUT2D eigenvalue weighted by Gasteiger charge is 2.33. The van der Waals surface area contributed by atoms with Crippen molar-refractivity contribution in [3.63, 3.8) is 0 Å². The van der Waals surface area contributed by atoms with Crippen LogP contribution in [-0.4, -0.2) is 43.8 Å². The van der Waals surface area contributed by atoms with Crippen LogP contribution in [-0.2, 0) is 14.8 Å². The van der Waals surface area contributed by atoms with E-state index in [1.165, 1.54) is 0 Å². The minimum Gasteiger partial charge on any atom is -0.373 e.